The van der Waals surface area contributed by atoms with Gasteiger partial charge in [-0.3, -0.25) is 9.69 Å². The van der Waals surface area contributed by atoms with E-state index < -0.39 is 5.60 Å². The minimum Gasteiger partial charge on any atom is -0.360 e. The number of halogens is 2. The molecule has 5 rings (SSSR count). The second-order valence-corrected chi connectivity index (χ2v) is 11.2. The minimum absolute atomic E-state index is 0.107. The minimum atomic E-state index is -0.615. The van der Waals surface area contributed by atoms with Crippen LogP contribution in [0.1, 0.15) is 29.5 Å². The van der Waals surface area contributed by atoms with Gasteiger partial charge in [0.05, 0.1) is 17.2 Å². The summed E-state index contributed by atoms with van der Waals surface area (Å²) in [7, 11) is 0. The normalized spacial score (nSPS) is 14.9. The summed E-state index contributed by atoms with van der Waals surface area (Å²) >= 11 is 12.2. The summed E-state index contributed by atoms with van der Waals surface area (Å²) in [5.41, 5.74) is 4.74. The van der Waals surface area contributed by atoms with Gasteiger partial charge in [-0.1, -0.05) is 102 Å². The van der Waals surface area contributed by atoms with Gasteiger partial charge in [0, 0.05) is 35.4 Å². The number of rotatable bonds is 9. The third-order valence-corrected chi connectivity index (χ3v) is 7.94. The molecule has 0 atom stereocenters. The first-order chi connectivity index (χ1) is 20.4. The Morgan fingerprint density at radius 3 is 2.31 bits per heavy atom. The quantitative estimate of drug-likeness (QED) is 0.212. The van der Waals surface area contributed by atoms with Gasteiger partial charge in [-0.2, -0.15) is 5.26 Å². The van der Waals surface area contributed by atoms with Crippen molar-refractivity contribution in [3.05, 3.63) is 130 Å². The molecule has 7 heteroatoms. The molecule has 42 heavy (non-hydrogen) atoms. The van der Waals surface area contributed by atoms with E-state index in [0.717, 1.165) is 49.2 Å². The van der Waals surface area contributed by atoms with Crippen LogP contribution in [0.3, 0.4) is 0 Å². The highest BCUT2D eigenvalue weighted by molar-refractivity contribution is 6.35. The van der Waals surface area contributed by atoms with Gasteiger partial charge in [0.1, 0.15) is 6.61 Å². The topological polar surface area (TPSA) is 65.4 Å². The maximum absolute atomic E-state index is 12.9. The Kier molecular flexibility index (Phi) is 9.74. The maximum atomic E-state index is 12.9. The Hall–Kier alpha value is -3.92. The molecule has 5 nitrogen and oxygen atoms in total. The van der Waals surface area contributed by atoms with E-state index in [4.69, 9.17) is 27.9 Å². The highest BCUT2D eigenvalue weighted by Gasteiger charge is 2.37. The number of piperidine rings is 1. The summed E-state index contributed by atoms with van der Waals surface area (Å²) in [6.45, 7) is 2.40. The van der Waals surface area contributed by atoms with E-state index in [2.05, 4.69) is 64.8 Å². The first-order valence-electron chi connectivity index (χ1n) is 13.9. The van der Waals surface area contributed by atoms with Gasteiger partial charge in [0.2, 0.25) is 5.91 Å². The number of anilines is 1. The van der Waals surface area contributed by atoms with Gasteiger partial charge >= 0.3 is 0 Å². The molecule has 1 aliphatic heterocycles. The summed E-state index contributed by atoms with van der Waals surface area (Å²) in [5.74, 6) is -0.272. The fraction of sp³-hybridized carbons (Fsp3) is 0.200. The summed E-state index contributed by atoms with van der Waals surface area (Å²) in [6, 6.07) is 33.2. The second kappa shape index (κ2) is 13.8. The molecule has 212 valence electrons. The number of nitrogens with zero attached hydrogens (tertiary/aromatic N) is 2. The van der Waals surface area contributed by atoms with Gasteiger partial charge in [-0.05, 0) is 65.4 Å². The maximum Gasteiger partial charge on any atom is 0.250 e. The molecule has 4 aromatic carbocycles. The van der Waals surface area contributed by atoms with Crippen molar-refractivity contribution in [2.75, 3.05) is 31.6 Å². The van der Waals surface area contributed by atoms with E-state index in [9.17, 15) is 10.1 Å². The molecule has 1 heterocycles. The fourth-order valence-corrected chi connectivity index (χ4v) is 5.80. The predicted molar refractivity (Wildman–Crippen MR) is 170 cm³/mol. The molecular weight excluding hydrogens is 565 g/mol. The van der Waals surface area contributed by atoms with Gasteiger partial charge < -0.3 is 10.1 Å². The van der Waals surface area contributed by atoms with E-state index in [1.165, 1.54) is 5.56 Å². The van der Waals surface area contributed by atoms with Gasteiger partial charge in [-0.15, -0.1) is 0 Å². The molecule has 0 saturated carbocycles. The van der Waals surface area contributed by atoms with Crippen LogP contribution in [-0.4, -0.2) is 37.0 Å². The highest BCUT2D eigenvalue weighted by Crippen LogP contribution is 2.38. The number of amides is 1. The van der Waals surface area contributed by atoms with E-state index in [1.54, 1.807) is 24.3 Å². The zero-order valence-electron chi connectivity index (χ0n) is 23.1. The molecule has 1 amide bonds. The van der Waals surface area contributed by atoms with Crippen molar-refractivity contribution < 1.29 is 9.53 Å². The van der Waals surface area contributed by atoms with Crippen LogP contribution in [0.25, 0.3) is 17.2 Å². The standard InChI is InChI=1S/C35H31Cl2N3O2/c36-31-21-32(37)23-33(22-31)39-34(41)25-42-35(15-18-40(19-16-35)17-5-9-26-6-2-1-3-7-26)30-13-11-28(12-14-30)29-10-4-8-27(20-29)24-38/h1-14,20-23H,15-19,25H2,(H,39,41). The largest absolute Gasteiger partial charge is 0.360 e. The monoisotopic (exact) mass is 595 g/mol. The lowest BCUT2D eigenvalue weighted by molar-refractivity contribution is -0.134. The molecule has 0 aromatic heterocycles. The Morgan fingerprint density at radius 2 is 1.62 bits per heavy atom. The first kappa shape index (κ1) is 29.6. The number of ether oxygens (including phenoxy) is 1. The van der Waals surface area contributed by atoms with Crippen molar-refractivity contribution >= 4 is 40.9 Å². The molecule has 0 bridgehead atoms. The second-order valence-electron chi connectivity index (χ2n) is 10.4. The van der Waals surface area contributed by atoms with Crippen LogP contribution in [0.5, 0.6) is 0 Å². The molecule has 1 saturated heterocycles. The van der Waals surface area contributed by atoms with E-state index in [-0.39, 0.29) is 12.5 Å². The molecular formula is C35H31Cl2N3O2. The number of benzene rings is 4. The molecule has 0 aliphatic carbocycles. The third-order valence-electron chi connectivity index (χ3n) is 7.50. The zero-order chi connectivity index (χ0) is 29.4. The van der Waals surface area contributed by atoms with Crippen LogP contribution in [0.2, 0.25) is 10.0 Å². The first-order valence-corrected chi connectivity index (χ1v) is 14.6. The zero-order valence-corrected chi connectivity index (χ0v) is 24.6. The predicted octanol–water partition coefficient (Wildman–Crippen LogP) is 8.19. The van der Waals surface area contributed by atoms with Crippen LogP contribution in [0.15, 0.2) is 103 Å². The summed E-state index contributed by atoms with van der Waals surface area (Å²) < 4.78 is 6.49. The van der Waals surface area contributed by atoms with Crippen LogP contribution in [-0.2, 0) is 15.1 Å². The molecule has 0 spiro atoms. The number of likely N-dealkylation sites (tertiary alicyclic amines) is 1. The van der Waals surface area contributed by atoms with E-state index >= 15 is 0 Å². The van der Waals surface area contributed by atoms with Gasteiger partial charge in [0.15, 0.2) is 0 Å². The number of nitriles is 1. The summed E-state index contributed by atoms with van der Waals surface area (Å²) in [6.07, 6.45) is 5.82. The highest BCUT2D eigenvalue weighted by atomic mass is 35.5. The third kappa shape index (κ3) is 7.67. The van der Waals surface area contributed by atoms with Crippen LogP contribution in [0, 0.1) is 11.3 Å². The van der Waals surface area contributed by atoms with Crippen LogP contribution >= 0.6 is 23.2 Å². The smallest absolute Gasteiger partial charge is 0.250 e. The molecule has 0 radical (unpaired) electrons. The molecule has 0 unspecified atom stereocenters. The lowest BCUT2D eigenvalue weighted by atomic mass is 9.83. The van der Waals surface area contributed by atoms with Gasteiger partial charge in [0.25, 0.3) is 0 Å². The fourth-order valence-electron chi connectivity index (χ4n) is 5.28. The van der Waals surface area contributed by atoms with Gasteiger partial charge in [-0.25, -0.2) is 0 Å². The number of carbonyl (C=O) groups is 1. The van der Waals surface area contributed by atoms with Crippen molar-refractivity contribution in [2.24, 2.45) is 0 Å². The SMILES string of the molecule is N#Cc1cccc(-c2ccc(C3(OCC(=O)Nc4cc(Cl)cc(Cl)c4)CCN(CC=Cc4ccccc4)CC3)cc2)c1. The number of hydrogen-bond donors (Lipinski definition) is 1. The Morgan fingerprint density at radius 1 is 0.905 bits per heavy atom. The molecule has 1 aliphatic rings. The van der Waals surface area contributed by atoms with E-state index in [0.29, 0.717) is 21.3 Å². The lowest BCUT2D eigenvalue weighted by Gasteiger charge is -2.41. The van der Waals surface area contributed by atoms with Crippen molar-refractivity contribution in [1.82, 2.24) is 4.90 Å². The number of nitrogens with one attached hydrogen (secondary N) is 1. The van der Waals surface area contributed by atoms with Crippen molar-refractivity contribution in [1.29, 1.82) is 5.26 Å². The van der Waals surface area contributed by atoms with Crippen molar-refractivity contribution in [3.8, 4) is 17.2 Å². The Labute approximate surface area is 257 Å². The number of carbonyl (C=O) groups excluding carboxylic acids is 1. The average molecular weight is 597 g/mol. The Bertz CT molecular complexity index is 1570. The molecule has 1 fully saturated rings. The van der Waals surface area contributed by atoms with Crippen molar-refractivity contribution in [3.63, 3.8) is 0 Å². The lowest BCUT2D eigenvalue weighted by Crippen LogP contribution is -2.45. The van der Waals surface area contributed by atoms with Crippen molar-refractivity contribution in [2.45, 2.75) is 18.4 Å². The molecule has 1 N–H and O–H groups in total. The summed E-state index contributed by atoms with van der Waals surface area (Å²) in [4.78, 5) is 15.3. The average Bonchev–Trinajstić information content (AvgIpc) is 3.01. The Balaban J connectivity index is 1.31. The van der Waals surface area contributed by atoms with Crippen LogP contribution < -0.4 is 5.32 Å². The molecule has 4 aromatic rings. The van der Waals surface area contributed by atoms with E-state index in [1.807, 2.05) is 36.4 Å². The summed E-state index contributed by atoms with van der Waals surface area (Å²) in [5, 5.41) is 13.0. The van der Waals surface area contributed by atoms with Crippen LogP contribution in [0.4, 0.5) is 5.69 Å². The number of hydrogen-bond acceptors (Lipinski definition) is 4.